The highest BCUT2D eigenvalue weighted by Crippen LogP contribution is 2.25. The average Bonchev–Trinajstić information content (AvgIpc) is 2.84. The largest absolute Gasteiger partial charge is 0.493 e. The second kappa shape index (κ2) is 12.8. The van der Waals surface area contributed by atoms with Crippen molar-refractivity contribution in [3.05, 3.63) is 94.0 Å². The van der Waals surface area contributed by atoms with Gasteiger partial charge in [0.15, 0.2) is 0 Å². The molecule has 5 nitrogen and oxygen atoms in total. The third-order valence-electron chi connectivity index (χ3n) is 5.14. The van der Waals surface area contributed by atoms with Crippen molar-refractivity contribution >= 4 is 33.4 Å². The summed E-state index contributed by atoms with van der Waals surface area (Å²) in [5, 5.41) is 5.79. The molecule has 0 aliphatic heterocycles. The molecule has 172 valence electrons. The minimum absolute atomic E-state index is 0.164. The summed E-state index contributed by atoms with van der Waals surface area (Å²) < 4.78 is 6.68. The fourth-order valence-corrected chi connectivity index (χ4v) is 3.66. The Kier molecular flexibility index (Phi) is 9.51. The molecule has 0 heterocycles. The third-order valence-corrected chi connectivity index (χ3v) is 5.64. The highest BCUT2D eigenvalue weighted by Gasteiger charge is 2.14. The van der Waals surface area contributed by atoms with Crippen LogP contribution in [-0.4, -0.2) is 18.4 Å². The van der Waals surface area contributed by atoms with Crippen LogP contribution in [0, 0.1) is 0 Å². The minimum atomic E-state index is -0.263. The van der Waals surface area contributed by atoms with Crippen LogP contribution in [-0.2, 0) is 6.54 Å². The van der Waals surface area contributed by atoms with Gasteiger partial charge in [-0.05, 0) is 54.4 Å². The number of hydrogen-bond donors (Lipinski definition) is 2. The molecule has 0 aliphatic carbocycles. The van der Waals surface area contributed by atoms with Crippen LogP contribution >= 0.6 is 15.9 Å². The number of rotatable bonds is 11. The summed E-state index contributed by atoms with van der Waals surface area (Å²) in [4.78, 5) is 25.3. The predicted octanol–water partition coefficient (Wildman–Crippen LogP) is 6.59. The molecule has 6 heteroatoms. The van der Waals surface area contributed by atoms with Gasteiger partial charge in [-0.25, -0.2) is 0 Å². The first-order valence-electron chi connectivity index (χ1n) is 11.2. The van der Waals surface area contributed by atoms with E-state index in [-0.39, 0.29) is 11.8 Å². The number of halogens is 1. The molecule has 0 aliphatic rings. The number of nitrogens with one attached hydrogen (secondary N) is 2. The first-order chi connectivity index (χ1) is 16.1. The molecule has 2 N–H and O–H groups in total. The Morgan fingerprint density at radius 1 is 0.879 bits per heavy atom. The monoisotopic (exact) mass is 508 g/mol. The highest BCUT2D eigenvalue weighted by atomic mass is 79.9. The van der Waals surface area contributed by atoms with Crippen molar-refractivity contribution in [2.75, 3.05) is 11.9 Å². The van der Waals surface area contributed by atoms with Crippen LogP contribution < -0.4 is 15.4 Å². The molecule has 3 aromatic carbocycles. The van der Waals surface area contributed by atoms with E-state index >= 15 is 0 Å². The molecule has 0 unspecified atom stereocenters. The van der Waals surface area contributed by atoms with E-state index in [0.29, 0.717) is 35.7 Å². The van der Waals surface area contributed by atoms with Crippen molar-refractivity contribution in [3.8, 4) is 5.75 Å². The first-order valence-corrected chi connectivity index (χ1v) is 12.0. The summed E-state index contributed by atoms with van der Waals surface area (Å²) in [5.74, 6) is 0.132. The third kappa shape index (κ3) is 7.75. The number of ether oxygens (including phenoxy) is 1. The van der Waals surface area contributed by atoms with Crippen LogP contribution in [0.3, 0.4) is 0 Å². The summed E-state index contributed by atoms with van der Waals surface area (Å²) in [6.45, 7) is 3.21. The van der Waals surface area contributed by atoms with Gasteiger partial charge in [-0.1, -0.05) is 72.4 Å². The fourth-order valence-electron chi connectivity index (χ4n) is 3.30. The Hall–Kier alpha value is -3.12. The zero-order valence-electron chi connectivity index (χ0n) is 18.8. The summed E-state index contributed by atoms with van der Waals surface area (Å²) in [6.07, 6.45) is 4.41. The topological polar surface area (TPSA) is 67.4 Å². The lowest BCUT2D eigenvalue weighted by Crippen LogP contribution is -2.22. The molecule has 0 radical (unpaired) electrons. The molecule has 3 aromatic rings. The molecule has 0 atom stereocenters. The van der Waals surface area contributed by atoms with Crippen molar-refractivity contribution in [2.24, 2.45) is 0 Å². The van der Waals surface area contributed by atoms with Crippen molar-refractivity contribution in [3.63, 3.8) is 0 Å². The van der Waals surface area contributed by atoms with Crippen LogP contribution in [0.1, 0.15) is 58.9 Å². The molecule has 0 saturated heterocycles. The van der Waals surface area contributed by atoms with Crippen molar-refractivity contribution in [1.82, 2.24) is 5.32 Å². The quantitative estimate of drug-likeness (QED) is 0.287. The lowest BCUT2D eigenvalue weighted by atomic mass is 10.1. The smallest absolute Gasteiger partial charge is 0.259 e. The van der Waals surface area contributed by atoms with Gasteiger partial charge in [0.25, 0.3) is 11.8 Å². The average molecular weight is 509 g/mol. The Balaban J connectivity index is 1.58. The number of amides is 2. The lowest BCUT2D eigenvalue weighted by molar-refractivity contribution is 0.0950. The Labute approximate surface area is 203 Å². The molecule has 3 rings (SSSR count). The van der Waals surface area contributed by atoms with Gasteiger partial charge in [0.2, 0.25) is 0 Å². The molecule has 0 bridgehead atoms. The van der Waals surface area contributed by atoms with Gasteiger partial charge < -0.3 is 15.4 Å². The van der Waals surface area contributed by atoms with Gasteiger partial charge in [-0.15, -0.1) is 0 Å². The number of anilines is 1. The van der Waals surface area contributed by atoms with E-state index in [1.807, 2.05) is 36.4 Å². The molecular weight excluding hydrogens is 480 g/mol. The standard InChI is InChI=1S/C27H29BrN2O3/c1-2-3-4-8-17-33-25-16-13-22(28)18-24(25)27(32)30-23-14-11-21(12-15-23)26(31)29-19-20-9-6-5-7-10-20/h5-7,9-16,18H,2-4,8,17,19H2,1H3,(H,29,31)(H,30,32). The maximum atomic E-state index is 12.9. The van der Waals surface area contributed by atoms with Gasteiger partial charge >= 0.3 is 0 Å². The van der Waals surface area contributed by atoms with Crippen LogP contribution in [0.2, 0.25) is 0 Å². The second-order valence-electron chi connectivity index (χ2n) is 7.75. The highest BCUT2D eigenvalue weighted by molar-refractivity contribution is 9.10. The van der Waals surface area contributed by atoms with Gasteiger partial charge in [-0.3, -0.25) is 9.59 Å². The number of carbonyl (C=O) groups is 2. The van der Waals surface area contributed by atoms with Gasteiger partial charge in [0.1, 0.15) is 5.75 Å². The van der Waals surface area contributed by atoms with Gasteiger partial charge in [-0.2, -0.15) is 0 Å². The summed E-state index contributed by atoms with van der Waals surface area (Å²) in [5.41, 5.74) is 2.63. The van der Waals surface area contributed by atoms with E-state index in [0.717, 1.165) is 22.9 Å². The minimum Gasteiger partial charge on any atom is -0.493 e. The Morgan fingerprint density at radius 3 is 2.36 bits per heavy atom. The normalized spacial score (nSPS) is 10.5. The van der Waals surface area contributed by atoms with Crippen molar-refractivity contribution in [2.45, 2.75) is 39.2 Å². The Morgan fingerprint density at radius 2 is 1.64 bits per heavy atom. The maximum Gasteiger partial charge on any atom is 0.259 e. The lowest BCUT2D eigenvalue weighted by Gasteiger charge is -2.13. The zero-order valence-corrected chi connectivity index (χ0v) is 20.4. The van der Waals surface area contributed by atoms with E-state index in [9.17, 15) is 9.59 Å². The summed E-state index contributed by atoms with van der Waals surface area (Å²) >= 11 is 3.43. The zero-order chi connectivity index (χ0) is 23.5. The van der Waals surface area contributed by atoms with Crippen LogP contribution in [0.15, 0.2) is 77.3 Å². The van der Waals surface area contributed by atoms with Crippen molar-refractivity contribution in [1.29, 1.82) is 0 Å². The molecule has 0 fully saturated rings. The molecule has 0 spiro atoms. The number of benzene rings is 3. The van der Waals surface area contributed by atoms with Crippen molar-refractivity contribution < 1.29 is 14.3 Å². The number of hydrogen-bond acceptors (Lipinski definition) is 3. The molecule has 2 amide bonds. The number of unbranched alkanes of at least 4 members (excludes halogenated alkanes) is 3. The van der Waals surface area contributed by atoms with Crippen LogP contribution in [0.4, 0.5) is 5.69 Å². The van der Waals surface area contributed by atoms with Crippen LogP contribution in [0.25, 0.3) is 0 Å². The first kappa shape index (κ1) is 24.5. The van der Waals surface area contributed by atoms with Gasteiger partial charge in [0.05, 0.1) is 12.2 Å². The number of carbonyl (C=O) groups excluding carboxylic acids is 2. The second-order valence-corrected chi connectivity index (χ2v) is 8.67. The van der Waals surface area contributed by atoms with E-state index in [2.05, 4.69) is 33.5 Å². The molecule has 0 saturated carbocycles. The van der Waals surface area contributed by atoms with Crippen LogP contribution in [0.5, 0.6) is 5.75 Å². The summed E-state index contributed by atoms with van der Waals surface area (Å²) in [7, 11) is 0. The molecular formula is C27H29BrN2O3. The predicted molar refractivity (Wildman–Crippen MR) is 136 cm³/mol. The van der Waals surface area contributed by atoms with Gasteiger partial charge in [0, 0.05) is 22.3 Å². The van der Waals surface area contributed by atoms with E-state index < -0.39 is 0 Å². The maximum absolute atomic E-state index is 12.9. The fraction of sp³-hybridized carbons (Fsp3) is 0.259. The SMILES string of the molecule is CCCCCCOc1ccc(Br)cc1C(=O)Nc1ccc(C(=O)NCc2ccccc2)cc1. The molecule has 0 aromatic heterocycles. The van der Waals surface area contributed by atoms with E-state index in [1.54, 1.807) is 36.4 Å². The summed E-state index contributed by atoms with van der Waals surface area (Å²) in [6, 6.07) is 22.0. The Bertz CT molecular complexity index is 1050. The van der Waals surface area contributed by atoms with E-state index in [1.165, 1.54) is 12.8 Å². The van der Waals surface area contributed by atoms with E-state index in [4.69, 9.17) is 4.74 Å². The molecule has 33 heavy (non-hydrogen) atoms.